The van der Waals surface area contributed by atoms with E-state index in [4.69, 9.17) is 32.7 Å². The second-order valence-corrected chi connectivity index (χ2v) is 4.90. The fourth-order valence-electron chi connectivity index (χ4n) is 1.84. The second-order valence-electron chi connectivity index (χ2n) is 4.08. The van der Waals surface area contributed by atoms with Crippen LogP contribution in [0.4, 0.5) is 0 Å². The van der Waals surface area contributed by atoms with Crippen molar-refractivity contribution < 1.29 is 14.3 Å². The highest BCUT2D eigenvalue weighted by Gasteiger charge is 2.19. The average molecular weight is 289 g/mol. The summed E-state index contributed by atoms with van der Waals surface area (Å²) >= 11 is 12.0. The molecule has 1 aromatic carbocycles. The Kier molecular flexibility index (Phi) is 5.01. The normalized spacial score (nSPS) is 16.8. The zero-order chi connectivity index (χ0) is 13.0. The van der Waals surface area contributed by atoms with Crippen molar-refractivity contribution in [3.63, 3.8) is 0 Å². The van der Waals surface area contributed by atoms with Crippen molar-refractivity contribution in [2.45, 2.75) is 25.6 Å². The molecule has 0 saturated carbocycles. The number of rotatable bonds is 4. The molecule has 1 saturated heterocycles. The van der Waals surface area contributed by atoms with Crippen molar-refractivity contribution in [2.24, 2.45) is 0 Å². The summed E-state index contributed by atoms with van der Waals surface area (Å²) in [5.41, 5.74) is 0.386. The summed E-state index contributed by atoms with van der Waals surface area (Å²) in [6, 6.07) is 5.04. The maximum atomic E-state index is 12.0. The molecule has 0 N–H and O–H groups in total. The molecule has 0 aliphatic carbocycles. The van der Waals surface area contributed by atoms with Crippen LogP contribution in [0.2, 0.25) is 10.0 Å². The van der Waals surface area contributed by atoms with Crippen LogP contribution in [0.3, 0.4) is 0 Å². The van der Waals surface area contributed by atoms with Gasteiger partial charge in [0.25, 0.3) is 0 Å². The lowest BCUT2D eigenvalue weighted by Crippen LogP contribution is -2.25. The van der Waals surface area contributed by atoms with Crippen LogP contribution in [-0.4, -0.2) is 25.3 Å². The molecule has 1 aromatic rings. The van der Waals surface area contributed by atoms with Crippen LogP contribution in [0, 0.1) is 0 Å². The lowest BCUT2D eigenvalue weighted by molar-refractivity contribution is -0.180. The third-order valence-corrected chi connectivity index (χ3v) is 3.37. The fourth-order valence-corrected chi connectivity index (χ4v) is 2.45. The van der Waals surface area contributed by atoms with Crippen LogP contribution in [0.25, 0.3) is 0 Å². The Bertz CT molecular complexity index is 408. The summed E-state index contributed by atoms with van der Waals surface area (Å²) in [7, 11) is 0. The van der Waals surface area contributed by atoms with E-state index in [0.717, 1.165) is 6.42 Å². The molecule has 18 heavy (non-hydrogen) atoms. The molecule has 0 radical (unpaired) electrons. The van der Waals surface area contributed by atoms with E-state index < -0.39 is 0 Å². The van der Waals surface area contributed by atoms with E-state index in [9.17, 15) is 4.79 Å². The Balaban J connectivity index is 1.95. The predicted octanol–water partition coefficient (Wildman–Crippen LogP) is 3.72. The van der Waals surface area contributed by atoms with Crippen LogP contribution >= 0.6 is 23.2 Å². The summed E-state index contributed by atoms with van der Waals surface area (Å²) in [6.45, 7) is 1.37. The number of hydrogen-bond donors (Lipinski definition) is 0. The van der Waals surface area contributed by atoms with Gasteiger partial charge in [0.15, 0.2) is 12.1 Å². The van der Waals surface area contributed by atoms with Crippen LogP contribution in [-0.2, 0) is 9.47 Å². The molecule has 1 aliphatic rings. The van der Waals surface area contributed by atoms with Crippen molar-refractivity contribution in [3.8, 4) is 0 Å². The zero-order valence-corrected chi connectivity index (χ0v) is 11.3. The van der Waals surface area contributed by atoms with E-state index >= 15 is 0 Å². The Morgan fingerprint density at radius 2 is 1.83 bits per heavy atom. The fraction of sp³-hybridized carbons (Fsp3) is 0.462. The number of ether oxygens (including phenoxy) is 2. The number of benzene rings is 1. The van der Waals surface area contributed by atoms with E-state index in [1.54, 1.807) is 18.2 Å². The highest BCUT2D eigenvalue weighted by Crippen LogP contribution is 2.26. The van der Waals surface area contributed by atoms with E-state index in [1.165, 1.54) is 0 Å². The van der Waals surface area contributed by atoms with Crippen molar-refractivity contribution in [1.82, 2.24) is 0 Å². The van der Waals surface area contributed by atoms with E-state index in [-0.39, 0.29) is 12.1 Å². The van der Waals surface area contributed by atoms with Gasteiger partial charge < -0.3 is 9.47 Å². The van der Waals surface area contributed by atoms with E-state index in [1.807, 2.05) is 0 Å². The summed E-state index contributed by atoms with van der Waals surface area (Å²) in [5.74, 6) is -0.0802. The highest BCUT2D eigenvalue weighted by molar-refractivity contribution is 6.39. The maximum Gasteiger partial charge on any atom is 0.166 e. The SMILES string of the molecule is O=C(CCC1OCCCO1)c1c(Cl)cccc1Cl. The summed E-state index contributed by atoms with van der Waals surface area (Å²) in [4.78, 5) is 12.0. The summed E-state index contributed by atoms with van der Waals surface area (Å²) in [5, 5.41) is 0.774. The Hall–Kier alpha value is -0.610. The minimum absolute atomic E-state index is 0.0802. The lowest BCUT2D eigenvalue weighted by atomic mass is 10.1. The molecular formula is C13H14Cl2O3. The van der Waals surface area contributed by atoms with E-state index in [0.29, 0.717) is 41.7 Å². The topological polar surface area (TPSA) is 35.5 Å². The van der Waals surface area contributed by atoms with Gasteiger partial charge in [0, 0.05) is 12.8 Å². The predicted molar refractivity (Wildman–Crippen MR) is 70.3 cm³/mol. The quantitative estimate of drug-likeness (QED) is 0.792. The van der Waals surface area contributed by atoms with Gasteiger partial charge in [0.1, 0.15) is 0 Å². The van der Waals surface area contributed by atoms with Gasteiger partial charge in [-0.15, -0.1) is 0 Å². The minimum Gasteiger partial charge on any atom is -0.353 e. The molecule has 2 rings (SSSR count). The zero-order valence-electron chi connectivity index (χ0n) is 9.83. The molecule has 0 spiro atoms. The van der Waals surface area contributed by atoms with Gasteiger partial charge in [0.05, 0.1) is 28.8 Å². The molecule has 0 amide bonds. The third-order valence-electron chi connectivity index (χ3n) is 2.74. The summed E-state index contributed by atoms with van der Waals surface area (Å²) < 4.78 is 10.8. The van der Waals surface area contributed by atoms with Gasteiger partial charge in [-0.05, 0) is 18.6 Å². The molecule has 5 heteroatoms. The Morgan fingerprint density at radius 3 is 2.44 bits per heavy atom. The molecule has 1 aliphatic heterocycles. The first kappa shape index (κ1) is 13.8. The number of halogens is 2. The van der Waals surface area contributed by atoms with Crippen molar-refractivity contribution in [1.29, 1.82) is 0 Å². The maximum absolute atomic E-state index is 12.0. The molecule has 98 valence electrons. The Morgan fingerprint density at radius 1 is 1.22 bits per heavy atom. The molecular weight excluding hydrogens is 275 g/mol. The molecule has 1 fully saturated rings. The van der Waals surface area contributed by atoms with Crippen molar-refractivity contribution >= 4 is 29.0 Å². The summed E-state index contributed by atoms with van der Waals surface area (Å²) in [6.07, 6.45) is 1.46. The molecule has 0 atom stereocenters. The highest BCUT2D eigenvalue weighted by atomic mass is 35.5. The minimum atomic E-state index is -0.288. The molecule has 3 nitrogen and oxygen atoms in total. The first-order valence-corrected chi connectivity index (χ1v) is 6.64. The standard InChI is InChI=1S/C13H14Cl2O3/c14-9-3-1-4-10(15)13(9)11(16)5-6-12-17-7-2-8-18-12/h1,3-4,12H,2,5-8H2. The molecule has 0 aromatic heterocycles. The number of Topliss-reactive ketones (excluding diaryl/α,β-unsaturated/α-hetero) is 1. The van der Waals surface area contributed by atoms with Gasteiger partial charge >= 0.3 is 0 Å². The largest absolute Gasteiger partial charge is 0.353 e. The molecule has 0 unspecified atom stereocenters. The first-order valence-electron chi connectivity index (χ1n) is 5.89. The number of carbonyl (C=O) groups excluding carboxylic acids is 1. The molecule has 0 bridgehead atoms. The van der Waals surface area contributed by atoms with Crippen LogP contribution in [0.5, 0.6) is 0 Å². The van der Waals surface area contributed by atoms with Crippen LogP contribution < -0.4 is 0 Å². The average Bonchev–Trinajstić information content (AvgIpc) is 2.37. The smallest absolute Gasteiger partial charge is 0.166 e. The van der Waals surface area contributed by atoms with Gasteiger partial charge in [-0.1, -0.05) is 29.3 Å². The molecule has 1 heterocycles. The third kappa shape index (κ3) is 3.45. The van der Waals surface area contributed by atoms with Gasteiger partial charge in [0.2, 0.25) is 0 Å². The van der Waals surface area contributed by atoms with Gasteiger partial charge in [-0.3, -0.25) is 4.79 Å². The van der Waals surface area contributed by atoms with Gasteiger partial charge in [-0.25, -0.2) is 0 Å². The van der Waals surface area contributed by atoms with Crippen molar-refractivity contribution in [3.05, 3.63) is 33.8 Å². The lowest BCUT2D eigenvalue weighted by Gasteiger charge is -2.22. The van der Waals surface area contributed by atoms with Crippen LogP contribution in [0.15, 0.2) is 18.2 Å². The van der Waals surface area contributed by atoms with Gasteiger partial charge in [-0.2, -0.15) is 0 Å². The number of hydrogen-bond acceptors (Lipinski definition) is 3. The number of carbonyl (C=O) groups is 1. The number of ketones is 1. The van der Waals surface area contributed by atoms with Crippen LogP contribution in [0.1, 0.15) is 29.6 Å². The van der Waals surface area contributed by atoms with E-state index in [2.05, 4.69) is 0 Å². The Labute approximate surface area is 116 Å². The monoisotopic (exact) mass is 288 g/mol. The second kappa shape index (κ2) is 6.53. The van der Waals surface area contributed by atoms with Crippen molar-refractivity contribution in [2.75, 3.05) is 13.2 Å². The first-order chi connectivity index (χ1) is 8.68.